The monoisotopic (exact) mass is 322 g/mol. The van der Waals surface area contributed by atoms with E-state index >= 15 is 0 Å². The van der Waals surface area contributed by atoms with E-state index in [1.165, 1.54) is 30.3 Å². The van der Waals surface area contributed by atoms with Gasteiger partial charge in [-0.3, -0.25) is 4.79 Å². The van der Waals surface area contributed by atoms with E-state index in [1.807, 2.05) is 0 Å². The predicted octanol–water partition coefficient (Wildman–Crippen LogP) is 3.82. The third kappa shape index (κ3) is 2.58. The van der Waals surface area contributed by atoms with Gasteiger partial charge in [0.05, 0.1) is 5.02 Å². The average Bonchev–Trinajstić information content (AvgIpc) is 2.86. The molecule has 0 spiro atoms. The molecule has 1 amide bonds. The summed E-state index contributed by atoms with van der Waals surface area (Å²) in [6, 6.07) is 6.20. The normalized spacial score (nSPS) is 16.5. The quantitative estimate of drug-likeness (QED) is 0.883. The van der Waals surface area contributed by atoms with Crippen molar-refractivity contribution in [2.45, 2.75) is 18.9 Å². The van der Waals surface area contributed by atoms with E-state index in [0.717, 1.165) is 0 Å². The molecule has 3 rings (SSSR count). The zero-order chi connectivity index (χ0) is 15.9. The summed E-state index contributed by atoms with van der Waals surface area (Å²) in [5.74, 6) is -1.34. The van der Waals surface area contributed by atoms with Gasteiger partial charge in [-0.05, 0) is 48.7 Å². The highest BCUT2D eigenvalue weighted by Crippen LogP contribution is 2.34. The lowest BCUT2D eigenvalue weighted by Crippen LogP contribution is -2.15. The lowest BCUT2D eigenvalue weighted by molar-refractivity contribution is 0.102. The average molecular weight is 323 g/mol. The number of carbonyl (C=O) groups excluding carboxylic acids is 1. The SMILES string of the molecule is NC1CCc2c(C(=O)Nc3ccc(F)c(Cl)c3)ccc(F)c21. The number of carbonyl (C=O) groups is 1. The molecule has 22 heavy (non-hydrogen) atoms. The number of nitrogens with one attached hydrogen (secondary N) is 1. The number of benzene rings is 2. The molecule has 1 unspecified atom stereocenters. The van der Waals surface area contributed by atoms with Gasteiger partial charge in [-0.1, -0.05) is 11.6 Å². The van der Waals surface area contributed by atoms with Crippen molar-refractivity contribution in [3.8, 4) is 0 Å². The van der Waals surface area contributed by atoms with Crippen LogP contribution in [0.15, 0.2) is 30.3 Å². The molecule has 0 aliphatic heterocycles. The largest absolute Gasteiger partial charge is 0.324 e. The number of nitrogens with two attached hydrogens (primary N) is 1. The van der Waals surface area contributed by atoms with Crippen LogP contribution in [-0.2, 0) is 6.42 Å². The third-order valence-corrected chi connectivity index (χ3v) is 4.09. The Balaban J connectivity index is 1.92. The summed E-state index contributed by atoms with van der Waals surface area (Å²) in [6.45, 7) is 0. The summed E-state index contributed by atoms with van der Waals surface area (Å²) >= 11 is 5.68. The van der Waals surface area contributed by atoms with E-state index in [0.29, 0.717) is 35.2 Å². The van der Waals surface area contributed by atoms with Crippen LogP contribution in [0.1, 0.15) is 33.9 Å². The van der Waals surface area contributed by atoms with Gasteiger partial charge in [0.1, 0.15) is 11.6 Å². The van der Waals surface area contributed by atoms with Gasteiger partial charge in [-0.15, -0.1) is 0 Å². The summed E-state index contributed by atoms with van der Waals surface area (Å²) in [4.78, 5) is 12.4. The molecule has 3 nitrogen and oxygen atoms in total. The molecule has 1 aliphatic rings. The predicted molar refractivity (Wildman–Crippen MR) is 81.0 cm³/mol. The van der Waals surface area contributed by atoms with Crippen molar-refractivity contribution in [3.05, 3.63) is 63.7 Å². The first-order valence-electron chi connectivity index (χ1n) is 6.80. The van der Waals surface area contributed by atoms with E-state index in [-0.39, 0.29) is 16.9 Å². The minimum absolute atomic E-state index is 0.0795. The topological polar surface area (TPSA) is 55.1 Å². The van der Waals surface area contributed by atoms with E-state index in [4.69, 9.17) is 17.3 Å². The first-order valence-corrected chi connectivity index (χ1v) is 7.18. The number of fused-ring (bicyclic) bond motifs is 1. The molecule has 3 N–H and O–H groups in total. The van der Waals surface area contributed by atoms with Crippen molar-refractivity contribution < 1.29 is 13.6 Å². The van der Waals surface area contributed by atoms with Crippen LogP contribution in [0.5, 0.6) is 0 Å². The molecule has 0 heterocycles. The Bertz CT molecular complexity index is 764. The number of rotatable bonds is 2. The van der Waals surface area contributed by atoms with Crippen molar-refractivity contribution in [3.63, 3.8) is 0 Å². The summed E-state index contributed by atoms with van der Waals surface area (Å²) < 4.78 is 27.0. The number of amides is 1. The van der Waals surface area contributed by atoms with Crippen LogP contribution >= 0.6 is 11.6 Å². The van der Waals surface area contributed by atoms with Crippen molar-refractivity contribution in [2.75, 3.05) is 5.32 Å². The maximum atomic E-state index is 13.8. The molecule has 2 aromatic rings. The van der Waals surface area contributed by atoms with Crippen molar-refractivity contribution >= 4 is 23.2 Å². The molecule has 114 valence electrons. The summed E-state index contributed by atoms with van der Waals surface area (Å²) in [5, 5.41) is 2.56. The lowest BCUT2D eigenvalue weighted by atomic mass is 10.0. The van der Waals surface area contributed by atoms with Gasteiger partial charge in [0.25, 0.3) is 5.91 Å². The molecule has 0 bridgehead atoms. The maximum Gasteiger partial charge on any atom is 0.255 e. The van der Waals surface area contributed by atoms with Crippen LogP contribution in [0.3, 0.4) is 0 Å². The van der Waals surface area contributed by atoms with Crippen LogP contribution in [0, 0.1) is 11.6 Å². The Morgan fingerprint density at radius 2 is 1.95 bits per heavy atom. The summed E-state index contributed by atoms with van der Waals surface area (Å²) in [5.41, 5.74) is 7.67. The smallest absolute Gasteiger partial charge is 0.255 e. The highest BCUT2D eigenvalue weighted by atomic mass is 35.5. The van der Waals surface area contributed by atoms with E-state index in [2.05, 4.69) is 5.32 Å². The number of hydrogen-bond donors (Lipinski definition) is 2. The van der Waals surface area contributed by atoms with Gasteiger partial charge in [-0.25, -0.2) is 8.78 Å². The second-order valence-corrected chi connectivity index (χ2v) is 5.62. The van der Waals surface area contributed by atoms with Crippen LogP contribution in [-0.4, -0.2) is 5.91 Å². The number of hydrogen-bond acceptors (Lipinski definition) is 2. The molecule has 0 fully saturated rings. The lowest BCUT2D eigenvalue weighted by Gasteiger charge is -2.12. The molecular weight excluding hydrogens is 310 g/mol. The van der Waals surface area contributed by atoms with E-state index in [9.17, 15) is 13.6 Å². The van der Waals surface area contributed by atoms with Crippen molar-refractivity contribution in [1.82, 2.24) is 0 Å². The molecule has 6 heteroatoms. The fourth-order valence-electron chi connectivity index (χ4n) is 2.74. The van der Waals surface area contributed by atoms with Gasteiger partial charge < -0.3 is 11.1 Å². The molecule has 0 saturated carbocycles. The Morgan fingerprint density at radius 3 is 2.68 bits per heavy atom. The van der Waals surface area contributed by atoms with Crippen molar-refractivity contribution in [1.29, 1.82) is 0 Å². The second-order valence-electron chi connectivity index (χ2n) is 5.22. The Morgan fingerprint density at radius 1 is 1.23 bits per heavy atom. The van der Waals surface area contributed by atoms with Gasteiger partial charge in [-0.2, -0.15) is 0 Å². The van der Waals surface area contributed by atoms with Crippen LogP contribution in [0.2, 0.25) is 5.02 Å². The van der Waals surface area contributed by atoms with E-state index < -0.39 is 11.7 Å². The molecule has 2 aromatic carbocycles. The second kappa shape index (κ2) is 5.66. The highest BCUT2D eigenvalue weighted by Gasteiger charge is 2.27. The molecule has 0 saturated heterocycles. The minimum Gasteiger partial charge on any atom is -0.324 e. The van der Waals surface area contributed by atoms with E-state index in [1.54, 1.807) is 0 Å². The fraction of sp³-hybridized carbons (Fsp3) is 0.188. The summed E-state index contributed by atoms with van der Waals surface area (Å²) in [7, 11) is 0. The Labute approximate surface area is 131 Å². The maximum absolute atomic E-state index is 13.8. The van der Waals surface area contributed by atoms with Gasteiger partial charge in [0.2, 0.25) is 0 Å². The fourth-order valence-corrected chi connectivity index (χ4v) is 2.92. The zero-order valence-electron chi connectivity index (χ0n) is 11.5. The number of anilines is 1. The van der Waals surface area contributed by atoms with Crippen LogP contribution in [0.25, 0.3) is 0 Å². The van der Waals surface area contributed by atoms with Crippen molar-refractivity contribution in [2.24, 2.45) is 5.73 Å². The molecule has 0 radical (unpaired) electrons. The first-order chi connectivity index (χ1) is 10.5. The minimum atomic E-state index is -0.562. The standard InChI is InChI=1S/C16H13ClF2N2O/c17-11-7-8(1-4-12(11)18)21-16(22)10-2-5-13(19)15-9(10)3-6-14(15)20/h1-2,4-5,7,14H,3,6,20H2,(H,21,22). The van der Waals surface area contributed by atoms with Crippen LogP contribution < -0.4 is 11.1 Å². The van der Waals surface area contributed by atoms with Gasteiger partial charge in [0.15, 0.2) is 0 Å². The van der Waals surface area contributed by atoms with Gasteiger partial charge >= 0.3 is 0 Å². The molecule has 1 aliphatic carbocycles. The molecule has 0 aromatic heterocycles. The van der Waals surface area contributed by atoms with Gasteiger partial charge in [0, 0.05) is 22.9 Å². The highest BCUT2D eigenvalue weighted by molar-refractivity contribution is 6.31. The third-order valence-electron chi connectivity index (χ3n) is 3.80. The first kappa shape index (κ1) is 14.9. The zero-order valence-corrected chi connectivity index (χ0v) is 12.3. The summed E-state index contributed by atoms with van der Waals surface area (Å²) in [6.07, 6.45) is 1.17. The number of halogens is 3. The Hall–Kier alpha value is -1.98. The Kier molecular flexibility index (Phi) is 3.85. The molecule has 1 atom stereocenters. The molecular formula is C16H13ClF2N2O. The van der Waals surface area contributed by atoms with Crippen LogP contribution in [0.4, 0.5) is 14.5 Å².